The molecule has 0 fully saturated rings. The molecule has 2 rings (SSSR count). The summed E-state index contributed by atoms with van der Waals surface area (Å²) in [5.41, 5.74) is 3.55. The molecule has 0 amide bonds. The van der Waals surface area contributed by atoms with Crippen molar-refractivity contribution < 1.29 is 0 Å². The van der Waals surface area contributed by atoms with Crippen LogP contribution >= 0.6 is 27.5 Å². The van der Waals surface area contributed by atoms with Gasteiger partial charge < -0.3 is 5.32 Å². The van der Waals surface area contributed by atoms with Gasteiger partial charge in [0.05, 0.1) is 15.9 Å². The fourth-order valence-corrected chi connectivity index (χ4v) is 2.94. The zero-order valence-corrected chi connectivity index (χ0v) is 14.1. The first-order valence-corrected chi connectivity index (χ1v) is 8.02. The van der Waals surface area contributed by atoms with Crippen molar-refractivity contribution in [2.45, 2.75) is 39.9 Å². The molecule has 0 saturated heterocycles. The van der Waals surface area contributed by atoms with E-state index in [9.17, 15) is 0 Å². The number of hydrogen-bond acceptors (Lipinski definition) is 2. The third kappa shape index (κ3) is 3.62. The van der Waals surface area contributed by atoms with Crippen LogP contribution < -0.4 is 5.32 Å². The Hall–Kier alpha value is -0.840. The van der Waals surface area contributed by atoms with Gasteiger partial charge in [0, 0.05) is 24.7 Å². The molecule has 20 heavy (non-hydrogen) atoms. The molecule has 3 nitrogen and oxygen atoms in total. The molecule has 0 aliphatic carbocycles. The molecular formula is C15H19BrClN3. The smallest absolute Gasteiger partial charge is 0.0767 e. The highest BCUT2D eigenvalue weighted by Gasteiger charge is 2.13. The Labute approximate surface area is 133 Å². The van der Waals surface area contributed by atoms with E-state index in [0.29, 0.717) is 0 Å². The van der Waals surface area contributed by atoms with Crippen molar-refractivity contribution >= 4 is 27.5 Å². The Morgan fingerprint density at radius 2 is 1.90 bits per heavy atom. The van der Waals surface area contributed by atoms with Gasteiger partial charge in [-0.25, -0.2) is 0 Å². The molecule has 1 aromatic heterocycles. The van der Waals surface area contributed by atoms with Gasteiger partial charge in [-0.3, -0.25) is 4.68 Å². The number of benzene rings is 1. The fraction of sp³-hybridized carbons (Fsp3) is 0.400. The van der Waals surface area contributed by atoms with Crippen molar-refractivity contribution in [1.82, 2.24) is 15.1 Å². The second-order valence-corrected chi connectivity index (χ2v) is 5.84. The van der Waals surface area contributed by atoms with E-state index in [1.54, 1.807) is 0 Å². The van der Waals surface area contributed by atoms with Crippen LogP contribution in [0.3, 0.4) is 0 Å². The lowest BCUT2D eigenvalue weighted by molar-refractivity contribution is 0.576. The molecule has 0 atom stereocenters. The average Bonchev–Trinajstić information content (AvgIpc) is 2.77. The topological polar surface area (TPSA) is 29.9 Å². The minimum absolute atomic E-state index is 0.771. The van der Waals surface area contributed by atoms with Crippen LogP contribution in [0.5, 0.6) is 0 Å². The summed E-state index contributed by atoms with van der Waals surface area (Å²) in [4.78, 5) is 0. The first-order valence-electron chi connectivity index (χ1n) is 6.84. The Morgan fingerprint density at radius 3 is 2.50 bits per heavy atom. The molecule has 0 aliphatic heterocycles. The Balaban J connectivity index is 2.00. The SMILES string of the molecule is CCc1nn(CC)c(CNCc2ccc(Cl)cc2)c1Br. The van der Waals surface area contributed by atoms with Gasteiger partial charge in [0.1, 0.15) is 0 Å². The van der Waals surface area contributed by atoms with E-state index in [1.165, 1.54) is 11.3 Å². The van der Waals surface area contributed by atoms with Crippen molar-refractivity contribution in [3.05, 3.63) is 50.7 Å². The maximum atomic E-state index is 5.88. The molecule has 0 radical (unpaired) electrons. The Bertz CT molecular complexity index is 563. The second-order valence-electron chi connectivity index (χ2n) is 4.61. The Morgan fingerprint density at radius 1 is 1.20 bits per heavy atom. The summed E-state index contributed by atoms with van der Waals surface area (Å²) in [6.07, 6.45) is 0.942. The highest BCUT2D eigenvalue weighted by molar-refractivity contribution is 9.10. The third-order valence-corrected chi connectivity index (χ3v) is 4.40. The number of rotatable bonds is 6. The molecule has 1 N–H and O–H groups in total. The number of aryl methyl sites for hydroxylation is 2. The lowest BCUT2D eigenvalue weighted by Gasteiger charge is -2.08. The fourth-order valence-electron chi connectivity index (χ4n) is 2.11. The van der Waals surface area contributed by atoms with Gasteiger partial charge in [0.25, 0.3) is 0 Å². The van der Waals surface area contributed by atoms with Gasteiger partial charge in [-0.2, -0.15) is 5.10 Å². The molecule has 0 bridgehead atoms. The van der Waals surface area contributed by atoms with E-state index in [2.05, 4.69) is 44.9 Å². The zero-order chi connectivity index (χ0) is 14.5. The molecule has 5 heteroatoms. The van der Waals surface area contributed by atoms with Crippen LogP contribution in [0.15, 0.2) is 28.7 Å². The summed E-state index contributed by atoms with van der Waals surface area (Å²) < 4.78 is 3.18. The van der Waals surface area contributed by atoms with Gasteiger partial charge in [-0.15, -0.1) is 0 Å². The standard InChI is InChI=1S/C15H19BrClN3/c1-3-13-15(16)14(20(4-2)19-13)10-18-9-11-5-7-12(17)8-6-11/h5-8,18H,3-4,9-10H2,1-2H3. The van der Waals surface area contributed by atoms with Crippen molar-refractivity contribution in [1.29, 1.82) is 0 Å². The summed E-state index contributed by atoms with van der Waals surface area (Å²) in [5, 5.41) is 8.82. The van der Waals surface area contributed by atoms with E-state index in [4.69, 9.17) is 11.6 Å². The molecule has 0 aliphatic rings. The number of halogens is 2. The molecular weight excluding hydrogens is 338 g/mol. The van der Waals surface area contributed by atoms with Crippen LogP contribution in [0, 0.1) is 0 Å². The highest BCUT2D eigenvalue weighted by Crippen LogP contribution is 2.22. The predicted octanol–water partition coefficient (Wildman–Crippen LogP) is 4.17. The highest BCUT2D eigenvalue weighted by atomic mass is 79.9. The van der Waals surface area contributed by atoms with Crippen LogP contribution in [-0.2, 0) is 26.1 Å². The minimum Gasteiger partial charge on any atom is -0.307 e. The Kier molecular flexibility index (Phi) is 5.64. The maximum Gasteiger partial charge on any atom is 0.0767 e. The summed E-state index contributed by atoms with van der Waals surface area (Å²) in [5.74, 6) is 0. The molecule has 108 valence electrons. The second kappa shape index (κ2) is 7.25. The normalized spacial score (nSPS) is 11.0. The average molecular weight is 357 g/mol. The molecule has 1 heterocycles. The monoisotopic (exact) mass is 355 g/mol. The van der Waals surface area contributed by atoms with Gasteiger partial charge in [-0.05, 0) is 47.0 Å². The number of nitrogens with one attached hydrogen (secondary N) is 1. The van der Waals surface area contributed by atoms with Crippen molar-refractivity contribution in [3.63, 3.8) is 0 Å². The zero-order valence-electron chi connectivity index (χ0n) is 11.8. The van der Waals surface area contributed by atoms with E-state index < -0.39 is 0 Å². The largest absolute Gasteiger partial charge is 0.307 e. The van der Waals surface area contributed by atoms with Crippen molar-refractivity contribution in [2.24, 2.45) is 0 Å². The molecule has 0 spiro atoms. The number of aromatic nitrogens is 2. The maximum absolute atomic E-state index is 5.88. The lowest BCUT2D eigenvalue weighted by atomic mass is 10.2. The molecule has 1 aromatic carbocycles. The summed E-state index contributed by atoms with van der Waals surface area (Å²) in [6.45, 7) is 6.74. The van der Waals surface area contributed by atoms with Crippen molar-refractivity contribution in [3.8, 4) is 0 Å². The van der Waals surface area contributed by atoms with Gasteiger partial charge in [0.15, 0.2) is 0 Å². The summed E-state index contributed by atoms with van der Waals surface area (Å²) in [7, 11) is 0. The first kappa shape index (κ1) is 15.5. The van der Waals surface area contributed by atoms with Gasteiger partial charge in [0.2, 0.25) is 0 Å². The quantitative estimate of drug-likeness (QED) is 0.842. The van der Waals surface area contributed by atoms with E-state index in [-0.39, 0.29) is 0 Å². The predicted molar refractivity (Wildman–Crippen MR) is 87.0 cm³/mol. The van der Waals surface area contributed by atoms with Crippen LogP contribution in [0.25, 0.3) is 0 Å². The van der Waals surface area contributed by atoms with Crippen LogP contribution in [0.4, 0.5) is 0 Å². The summed E-state index contributed by atoms with van der Waals surface area (Å²) in [6, 6.07) is 7.91. The lowest BCUT2D eigenvalue weighted by Crippen LogP contribution is -2.16. The number of hydrogen-bond donors (Lipinski definition) is 1. The van der Waals surface area contributed by atoms with Crippen LogP contribution in [-0.4, -0.2) is 9.78 Å². The minimum atomic E-state index is 0.771. The van der Waals surface area contributed by atoms with E-state index >= 15 is 0 Å². The number of nitrogens with zero attached hydrogens (tertiary/aromatic N) is 2. The van der Waals surface area contributed by atoms with Crippen molar-refractivity contribution in [2.75, 3.05) is 0 Å². The molecule has 2 aromatic rings. The third-order valence-electron chi connectivity index (χ3n) is 3.23. The van der Waals surface area contributed by atoms with E-state index in [1.807, 2.05) is 24.3 Å². The van der Waals surface area contributed by atoms with Crippen LogP contribution in [0.1, 0.15) is 30.8 Å². The van der Waals surface area contributed by atoms with E-state index in [0.717, 1.165) is 41.2 Å². The van der Waals surface area contributed by atoms with Gasteiger partial charge in [-0.1, -0.05) is 30.7 Å². The molecule has 0 saturated carbocycles. The van der Waals surface area contributed by atoms with Gasteiger partial charge >= 0.3 is 0 Å². The van der Waals surface area contributed by atoms with Crippen LogP contribution in [0.2, 0.25) is 5.02 Å². The molecule has 0 unspecified atom stereocenters. The summed E-state index contributed by atoms with van der Waals surface area (Å²) >= 11 is 9.54. The first-order chi connectivity index (χ1) is 9.65.